The van der Waals surface area contributed by atoms with E-state index in [4.69, 9.17) is 15.2 Å². The molecule has 3 rings (SSSR count). The van der Waals surface area contributed by atoms with Crippen LogP contribution in [0.5, 0.6) is 5.88 Å². The predicted octanol–water partition coefficient (Wildman–Crippen LogP) is -1.39. The van der Waals surface area contributed by atoms with E-state index in [1.54, 1.807) is 0 Å². The van der Waals surface area contributed by atoms with Gasteiger partial charge < -0.3 is 30.5 Å². The van der Waals surface area contributed by atoms with Crippen LogP contribution in [-0.4, -0.2) is 66.4 Å². The summed E-state index contributed by atoms with van der Waals surface area (Å²) < 4.78 is 11.9. The van der Waals surface area contributed by atoms with Crippen molar-refractivity contribution in [3.8, 4) is 5.88 Å². The number of hydrogen-bond acceptors (Lipinski definition) is 9. The number of methoxy groups -OCH3 is 1. The fourth-order valence-corrected chi connectivity index (χ4v) is 2.66. The zero-order valence-corrected chi connectivity index (χ0v) is 12.0. The highest BCUT2D eigenvalue weighted by molar-refractivity contribution is 5.50. The van der Waals surface area contributed by atoms with Gasteiger partial charge in [0.1, 0.15) is 23.9 Å². The van der Waals surface area contributed by atoms with Crippen LogP contribution in [0, 0.1) is 0 Å². The van der Waals surface area contributed by atoms with Gasteiger partial charge in [0.2, 0.25) is 11.6 Å². The molecule has 0 aromatic carbocycles. The van der Waals surface area contributed by atoms with Gasteiger partial charge in [-0.15, -0.1) is 5.10 Å². The smallest absolute Gasteiger partial charge is 0.260 e. The first-order valence-electron chi connectivity index (χ1n) is 6.61. The van der Waals surface area contributed by atoms with Crippen molar-refractivity contribution in [3.63, 3.8) is 0 Å². The van der Waals surface area contributed by atoms with Gasteiger partial charge in [-0.1, -0.05) is 0 Å². The van der Waals surface area contributed by atoms with Gasteiger partial charge in [0.25, 0.3) is 5.88 Å². The lowest BCUT2D eigenvalue weighted by molar-refractivity contribution is -0.0665. The van der Waals surface area contributed by atoms with Crippen molar-refractivity contribution < 1.29 is 24.8 Å². The van der Waals surface area contributed by atoms with Crippen LogP contribution in [0.15, 0.2) is 6.20 Å². The van der Waals surface area contributed by atoms with E-state index in [0.717, 1.165) is 0 Å². The molecule has 4 atom stereocenters. The van der Waals surface area contributed by atoms with Crippen LogP contribution in [0.1, 0.15) is 18.7 Å². The predicted molar refractivity (Wildman–Crippen MR) is 73.0 cm³/mol. The maximum Gasteiger partial charge on any atom is 0.260 e. The summed E-state index contributed by atoms with van der Waals surface area (Å²) in [7, 11) is 1.47. The minimum absolute atomic E-state index is 0.0771. The van der Waals surface area contributed by atoms with Crippen molar-refractivity contribution in [3.05, 3.63) is 11.9 Å². The number of aromatic hydroxyl groups is 1. The summed E-state index contributed by atoms with van der Waals surface area (Å²) in [5, 5.41) is 34.5. The number of aromatic nitrogens is 4. The van der Waals surface area contributed by atoms with E-state index >= 15 is 0 Å². The molecule has 2 aromatic heterocycles. The van der Waals surface area contributed by atoms with Crippen LogP contribution in [0.3, 0.4) is 0 Å². The first kappa shape index (κ1) is 14.9. The Labute approximate surface area is 125 Å². The van der Waals surface area contributed by atoms with E-state index in [1.165, 1.54) is 24.7 Å². The maximum absolute atomic E-state index is 10.6. The van der Waals surface area contributed by atoms with Gasteiger partial charge in [0.15, 0.2) is 0 Å². The first-order valence-corrected chi connectivity index (χ1v) is 6.61. The summed E-state index contributed by atoms with van der Waals surface area (Å²) in [5.74, 6) is -0.541. The number of nitrogen functional groups attached to an aromatic ring is 1. The van der Waals surface area contributed by atoms with E-state index in [1.807, 2.05) is 0 Å². The van der Waals surface area contributed by atoms with E-state index in [9.17, 15) is 15.3 Å². The fourth-order valence-electron chi connectivity index (χ4n) is 2.66. The molecule has 0 amide bonds. The third-order valence-corrected chi connectivity index (χ3v) is 3.78. The molecule has 22 heavy (non-hydrogen) atoms. The zero-order valence-electron chi connectivity index (χ0n) is 12.0. The van der Waals surface area contributed by atoms with Gasteiger partial charge in [-0.05, 0) is 6.92 Å². The molecule has 10 heteroatoms. The molecular formula is C12H17N5O5. The Morgan fingerprint density at radius 2 is 2.27 bits per heavy atom. The van der Waals surface area contributed by atoms with Crippen molar-refractivity contribution in [2.24, 2.45) is 0 Å². The molecule has 1 aliphatic rings. The van der Waals surface area contributed by atoms with Crippen molar-refractivity contribution >= 4 is 11.6 Å². The van der Waals surface area contributed by atoms with E-state index in [0.29, 0.717) is 5.69 Å². The van der Waals surface area contributed by atoms with Gasteiger partial charge >= 0.3 is 0 Å². The monoisotopic (exact) mass is 311 g/mol. The SMILES string of the molecule is COC[C@H]1O[C@@H](c2cnc3c(O)nc(N)nn23)[C@](C)(O)[C@@H]1O. The molecule has 0 unspecified atom stereocenters. The van der Waals surface area contributed by atoms with Crippen LogP contribution < -0.4 is 5.73 Å². The molecule has 0 bridgehead atoms. The molecule has 3 heterocycles. The van der Waals surface area contributed by atoms with Gasteiger partial charge in [0.05, 0.1) is 18.5 Å². The summed E-state index contributed by atoms with van der Waals surface area (Å²) >= 11 is 0. The Bertz CT molecular complexity index is 703. The number of nitrogens with zero attached hydrogens (tertiary/aromatic N) is 4. The van der Waals surface area contributed by atoms with Crippen LogP contribution in [0.4, 0.5) is 5.95 Å². The second kappa shape index (κ2) is 5.02. The number of rotatable bonds is 3. The fraction of sp³-hybridized carbons (Fsp3) is 0.583. The molecule has 1 fully saturated rings. The number of fused-ring (bicyclic) bond motifs is 1. The molecule has 0 aliphatic carbocycles. The van der Waals surface area contributed by atoms with Crippen molar-refractivity contribution in [1.82, 2.24) is 19.6 Å². The Hall–Kier alpha value is -2.01. The number of nitrogens with two attached hydrogens (primary N) is 1. The average molecular weight is 311 g/mol. The largest absolute Gasteiger partial charge is 0.491 e. The van der Waals surface area contributed by atoms with Crippen LogP contribution in [0.2, 0.25) is 0 Å². The highest BCUT2D eigenvalue weighted by Gasteiger charge is 2.53. The summed E-state index contributed by atoms with van der Waals surface area (Å²) in [6, 6.07) is 0. The molecule has 10 nitrogen and oxygen atoms in total. The van der Waals surface area contributed by atoms with Crippen molar-refractivity contribution in [2.75, 3.05) is 19.5 Å². The third-order valence-electron chi connectivity index (χ3n) is 3.78. The summed E-state index contributed by atoms with van der Waals surface area (Å²) in [6.45, 7) is 1.56. The lowest BCUT2D eigenvalue weighted by Crippen LogP contribution is -2.43. The van der Waals surface area contributed by atoms with Gasteiger partial charge in [-0.25, -0.2) is 9.50 Å². The van der Waals surface area contributed by atoms with Crippen LogP contribution >= 0.6 is 0 Å². The highest BCUT2D eigenvalue weighted by atomic mass is 16.6. The minimum Gasteiger partial charge on any atom is -0.491 e. The van der Waals surface area contributed by atoms with E-state index in [2.05, 4.69) is 15.1 Å². The van der Waals surface area contributed by atoms with Crippen molar-refractivity contribution in [1.29, 1.82) is 0 Å². The molecule has 0 spiro atoms. The molecule has 1 aliphatic heterocycles. The van der Waals surface area contributed by atoms with Crippen LogP contribution in [-0.2, 0) is 9.47 Å². The summed E-state index contributed by atoms with van der Waals surface area (Å²) in [4.78, 5) is 7.60. The number of anilines is 1. The second-order valence-electron chi connectivity index (χ2n) is 5.39. The standard InChI is InChI=1S/C12H17N5O5/c1-12(20)7(18)6(4-21-2)22-8(12)5-3-14-9-10(19)15-11(13)16-17(5)9/h3,6-8,18,20H,4H2,1-2H3,(H3,13,15,16,19)/t6-,7-,8+,12-/m1/s1. The van der Waals surface area contributed by atoms with E-state index < -0.39 is 23.9 Å². The maximum atomic E-state index is 10.6. The van der Waals surface area contributed by atoms with Crippen molar-refractivity contribution in [2.45, 2.75) is 30.8 Å². The second-order valence-corrected chi connectivity index (χ2v) is 5.39. The Morgan fingerprint density at radius 3 is 2.95 bits per heavy atom. The van der Waals surface area contributed by atoms with E-state index in [-0.39, 0.29) is 24.1 Å². The Kier molecular flexibility index (Phi) is 3.40. The normalized spacial score (nSPS) is 31.9. The van der Waals surface area contributed by atoms with Gasteiger partial charge in [-0.3, -0.25) is 0 Å². The number of hydrogen-bond donors (Lipinski definition) is 4. The number of ether oxygens (including phenoxy) is 2. The molecule has 2 aromatic rings. The number of aliphatic hydroxyl groups is 2. The number of aliphatic hydroxyl groups excluding tert-OH is 1. The topological polar surface area (TPSA) is 148 Å². The average Bonchev–Trinajstić information content (AvgIpc) is 2.94. The Balaban J connectivity index is 2.07. The lowest BCUT2D eigenvalue weighted by atomic mass is 9.91. The summed E-state index contributed by atoms with van der Waals surface area (Å²) in [6.07, 6.45) is -1.41. The molecule has 1 saturated heterocycles. The molecule has 120 valence electrons. The third kappa shape index (κ3) is 2.08. The zero-order chi connectivity index (χ0) is 16.1. The van der Waals surface area contributed by atoms with Crippen LogP contribution in [0.25, 0.3) is 5.65 Å². The number of imidazole rings is 1. The Morgan fingerprint density at radius 1 is 1.55 bits per heavy atom. The molecule has 5 N–H and O–H groups in total. The molecule has 0 radical (unpaired) electrons. The summed E-state index contributed by atoms with van der Waals surface area (Å²) in [5.41, 5.74) is 4.34. The highest BCUT2D eigenvalue weighted by Crippen LogP contribution is 2.41. The lowest BCUT2D eigenvalue weighted by Gasteiger charge is -2.25. The first-order chi connectivity index (χ1) is 10.4. The van der Waals surface area contributed by atoms with Gasteiger partial charge in [-0.2, -0.15) is 4.98 Å². The molecular weight excluding hydrogens is 294 g/mol. The molecule has 0 saturated carbocycles. The minimum atomic E-state index is -1.59. The van der Waals surface area contributed by atoms with Gasteiger partial charge in [0, 0.05) is 7.11 Å². The quantitative estimate of drug-likeness (QED) is 0.537.